The second kappa shape index (κ2) is 5.46. The zero-order valence-electron chi connectivity index (χ0n) is 10.7. The Morgan fingerprint density at radius 2 is 2.12 bits per heavy atom. The molecule has 0 aliphatic carbocycles. The summed E-state index contributed by atoms with van der Waals surface area (Å²) in [6.45, 7) is 9.34. The number of rotatable bonds is 6. The predicted octanol–water partition coefficient (Wildman–Crippen LogP) is 1.67. The van der Waals surface area contributed by atoms with E-state index >= 15 is 0 Å². The first-order valence-corrected chi connectivity index (χ1v) is 5.90. The molecule has 3 N–H and O–H groups in total. The van der Waals surface area contributed by atoms with E-state index in [9.17, 15) is 5.11 Å². The van der Waals surface area contributed by atoms with E-state index in [0.717, 1.165) is 30.8 Å². The molecule has 0 spiro atoms. The molecule has 0 amide bonds. The van der Waals surface area contributed by atoms with Crippen molar-refractivity contribution in [3.8, 4) is 0 Å². The van der Waals surface area contributed by atoms with Gasteiger partial charge in [-0.05, 0) is 27.2 Å². The highest BCUT2D eigenvalue weighted by Crippen LogP contribution is 2.12. The van der Waals surface area contributed by atoms with E-state index in [1.165, 1.54) is 5.56 Å². The van der Waals surface area contributed by atoms with Gasteiger partial charge in [0.25, 0.3) is 0 Å². The average Bonchev–Trinajstić information content (AvgIpc) is 2.48. The van der Waals surface area contributed by atoms with Crippen LogP contribution in [0.1, 0.15) is 43.6 Å². The van der Waals surface area contributed by atoms with Gasteiger partial charge in [-0.25, -0.2) is 0 Å². The first-order chi connectivity index (χ1) is 7.46. The number of H-pyrrole nitrogens is 1. The van der Waals surface area contributed by atoms with Crippen molar-refractivity contribution in [1.29, 1.82) is 0 Å². The highest BCUT2D eigenvalue weighted by atomic mass is 16.3. The van der Waals surface area contributed by atoms with Crippen molar-refractivity contribution >= 4 is 0 Å². The van der Waals surface area contributed by atoms with Gasteiger partial charge >= 0.3 is 0 Å². The summed E-state index contributed by atoms with van der Waals surface area (Å²) < 4.78 is 0. The Balaban J connectivity index is 2.41. The molecule has 0 bridgehead atoms. The van der Waals surface area contributed by atoms with Crippen LogP contribution in [-0.2, 0) is 6.54 Å². The first kappa shape index (κ1) is 13.2. The van der Waals surface area contributed by atoms with Gasteiger partial charge in [-0.3, -0.25) is 5.10 Å². The van der Waals surface area contributed by atoms with Crippen LogP contribution < -0.4 is 5.32 Å². The summed E-state index contributed by atoms with van der Waals surface area (Å²) in [5, 5.41) is 20.4. The number of aryl methyl sites for hydroxylation is 2. The molecule has 1 atom stereocenters. The van der Waals surface area contributed by atoms with Gasteiger partial charge in [0.05, 0.1) is 11.3 Å². The van der Waals surface area contributed by atoms with Crippen LogP contribution in [0, 0.1) is 13.8 Å². The Morgan fingerprint density at radius 3 is 2.62 bits per heavy atom. The van der Waals surface area contributed by atoms with Crippen LogP contribution >= 0.6 is 0 Å². The molecule has 92 valence electrons. The highest BCUT2D eigenvalue weighted by Gasteiger charge is 2.18. The van der Waals surface area contributed by atoms with Crippen molar-refractivity contribution in [2.45, 2.75) is 52.7 Å². The second-order valence-corrected chi connectivity index (χ2v) is 4.76. The molecule has 0 saturated heterocycles. The van der Waals surface area contributed by atoms with E-state index < -0.39 is 5.60 Å². The molecular weight excluding hydrogens is 202 g/mol. The lowest BCUT2D eigenvalue weighted by Gasteiger charge is -2.23. The summed E-state index contributed by atoms with van der Waals surface area (Å²) in [6.07, 6.45) is 1.82. The van der Waals surface area contributed by atoms with Crippen LogP contribution in [0.3, 0.4) is 0 Å². The molecule has 16 heavy (non-hydrogen) atoms. The van der Waals surface area contributed by atoms with Crippen molar-refractivity contribution in [3.63, 3.8) is 0 Å². The van der Waals surface area contributed by atoms with E-state index in [1.807, 2.05) is 20.8 Å². The topological polar surface area (TPSA) is 60.9 Å². The molecule has 0 aliphatic rings. The number of hydrogen-bond acceptors (Lipinski definition) is 3. The molecule has 0 radical (unpaired) electrons. The maximum Gasteiger partial charge on any atom is 0.0743 e. The molecule has 1 aromatic rings. The van der Waals surface area contributed by atoms with Crippen molar-refractivity contribution in [3.05, 3.63) is 17.0 Å². The van der Waals surface area contributed by atoms with Crippen LogP contribution in [0.4, 0.5) is 0 Å². The molecule has 1 unspecified atom stereocenters. The molecule has 1 heterocycles. The Hall–Kier alpha value is -0.870. The summed E-state index contributed by atoms with van der Waals surface area (Å²) >= 11 is 0. The summed E-state index contributed by atoms with van der Waals surface area (Å²) in [4.78, 5) is 0. The SMILES string of the molecule is CCCC(C)(O)CNCc1c(C)n[nH]c1C. The number of aliphatic hydroxyl groups is 1. The lowest BCUT2D eigenvalue weighted by molar-refractivity contribution is 0.0498. The third-order valence-corrected chi connectivity index (χ3v) is 2.88. The van der Waals surface area contributed by atoms with Crippen LogP contribution in [-0.4, -0.2) is 27.4 Å². The molecular formula is C12H23N3O. The Morgan fingerprint density at radius 1 is 1.44 bits per heavy atom. The van der Waals surface area contributed by atoms with Gasteiger partial charge < -0.3 is 10.4 Å². The third kappa shape index (κ3) is 3.61. The number of hydrogen-bond donors (Lipinski definition) is 3. The summed E-state index contributed by atoms with van der Waals surface area (Å²) in [6, 6.07) is 0. The largest absolute Gasteiger partial charge is 0.389 e. The summed E-state index contributed by atoms with van der Waals surface area (Å²) in [5.74, 6) is 0. The van der Waals surface area contributed by atoms with Gasteiger partial charge in [-0.1, -0.05) is 13.3 Å². The van der Waals surface area contributed by atoms with Crippen LogP contribution in [0.2, 0.25) is 0 Å². The fourth-order valence-corrected chi connectivity index (χ4v) is 1.92. The molecule has 0 fully saturated rings. The lowest BCUT2D eigenvalue weighted by atomic mass is 10.0. The smallest absolute Gasteiger partial charge is 0.0743 e. The molecule has 1 rings (SSSR count). The standard InChI is InChI=1S/C12H23N3O/c1-5-6-12(4,16)8-13-7-11-9(2)14-15-10(11)3/h13,16H,5-8H2,1-4H3,(H,14,15). The number of nitrogens with one attached hydrogen (secondary N) is 2. The zero-order chi connectivity index (χ0) is 12.2. The van der Waals surface area contributed by atoms with Gasteiger partial charge in [0.1, 0.15) is 0 Å². The minimum Gasteiger partial charge on any atom is -0.389 e. The normalized spacial score (nSPS) is 15.1. The first-order valence-electron chi connectivity index (χ1n) is 5.90. The zero-order valence-corrected chi connectivity index (χ0v) is 10.7. The minimum atomic E-state index is -0.611. The molecule has 4 nitrogen and oxygen atoms in total. The molecule has 1 aromatic heterocycles. The molecule has 4 heteroatoms. The third-order valence-electron chi connectivity index (χ3n) is 2.88. The number of nitrogens with zero attached hydrogens (tertiary/aromatic N) is 1. The van der Waals surface area contributed by atoms with E-state index in [1.54, 1.807) is 0 Å². The Bertz CT molecular complexity index is 312. The molecule has 0 saturated carbocycles. The van der Waals surface area contributed by atoms with E-state index in [0.29, 0.717) is 6.54 Å². The fraction of sp³-hybridized carbons (Fsp3) is 0.750. The second-order valence-electron chi connectivity index (χ2n) is 4.76. The van der Waals surface area contributed by atoms with Gasteiger partial charge in [0.15, 0.2) is 0 Å². The lowest BCUT2D eigenvalue weighted by Crippen LogP contribution is -2.37. The number of aromatic nitrogens is 2. The maximum atomic E-state index is 10.00. The van der Waals surface area contributed by atoms with E-state index in [2.05, 4.69) is 22.4 Å². The summed E-state index contributed by atoms with van der Waals surface area (Å²) in [7, 11) is 0. The van der Waals surface area contributed by atoms with Crippen molar-refractivity contribution < 1.29 is 5.11 Å². The van der Waals surface area contributed by atoms with Gasteiger partial charge in [0, 0.05) is 24.3 Å². The van der Waals surface area contributed by atoms with Crippen molar-refractivity contribution in [2.75, 3.05) is 6.54 Å². The molecule has 0 aliphatic heterocycles. The van der Waals surface area contributed by atoms with Gasteiger partial charge in [0.2, 0.25) is 0 Å². The number of aromatic amines is 1. The molecule has 0 aromatic carbocycles. The summed E-state index contributed by atoms with van der Waals surface area (Å²) in [5.41, 5.74) is 2.72. The monoisotopic (exact) mass is 225 g/mol. The Labute approximate surface area is 97.5 Å². The highest BCUT2D eigenvalue weighted by molar-refractivity contribution is 5.22. The van der Waals surface area contributed by atoms with Crippen LogP contribution in [0.15, 0.2) is 0 Å². The van der Waals surface area contributed by atoms with E-state index in [-0.39, 0.29) is 0 Å². The Kier molecular flexibility index (Phi) is 4.50. The maximum absolute atomic E-state index is 10.00. The fourth-order valence-electron chi connectivity index (χ4n) is 1.92. The quantitative estimate of drug-likeness (QED) is 0.690. The minimum absolute atomic E-state index is 0.611. The van der Waals surface area contributed by atoms with Crippen LogP contribution in [0.5, 0.6) is 0 Å². The van der Waals surface area contributed by atoms with Gasteiger partial charge in [-0.2, -0.15) is 5.10 Å². The average molecular weight is 225 g/mol. The van der Waals surface area contributed by atoms with E-state index in [4.69, 9.17) is 0 Å². The van der Waals surface area contributed by atoms with Gasteiger partial charge in [-0.15, -0.1) is 0 Å². The van der Waals surface area contributed by atoms with Crippen molar-refractivity contribution in [2.24, 2.45) is 0 Å². The predicted molar refractivity (Wildman–Crippen MR) is 65.3 cm³/mol. The van der Waals surface area contributed by atoms with Crippen molar-refractivity contribution in [1.82, 2.24) is 15.5 Å². The van der Waals surface area contributed by atoms with Crippen LogP contribution in [0.25, 0.3) is 0 Å².